The molecule has 2 aromatic rings. The van der Waals surface area contributed by atoms with Crippen LogP contribution in [-0.4, -0.2) is 16.3 Å². The maximum Gasteiger partial charge on any atom is 0.338 e. The second-order valence-electron chi connectivity index (χ2n) is 4.78. The van der Waals surface area contributed by atoms with Gasteiger partial charge in [-0.15, -0.1) is 0 Å². The first-order chi connectivity index (χ1) is 10.2. The summed E-state index contributed by atoms with van der Waals surface area (Å²) in [4.78, 5) is 16.3. The number of fused-ring (bicyclic) bond motifs is 1. The molecule has 0 saturated carbocycles. The summed E-state index contributed by atoms with van der Waals surface area (Å²) >= 11 is 2.26. The molecule has 0 unspecified atom stereocenters. The molecular formula is C17H14INO2. The van der Waals surface area contributed by atoms with Gasteiger partial charge >= 0.3 is 5.97 Å². The molecule has 1 aliphatic rings. The molecule has 0 aliphatic carbocycles. The third-order valence-corrected chi connectivity index (χ3v) is 4.35. The fourth-order valence-electron chi connectivity index (χ4n) is 2.37. The number of rotatable bonds is 3. The van der Waals surface area contributed by atoms with Crippen molar-refractivity contribution in [3.8, 4) is 11.1 Å². The SMILES string of the molecule is CCOC(=O)c1cccc(-c2ccc3c(c2)C(I)=NC3)c1. The van der Waals surface area contributed by atoms with E-state index in [9.17, 15) is 4.79 Å². The first-order valence-corrected chi connectivity index (χ1v) is 7.87. The molecule has 21 heavy (non-hydrogen) atoms. The first kappa shape index (κ1) is 14.3. The average Bonchev–Trinajstić information content (AvgIpc) is 2.89. The lowest BCUT2D eigenvalue weighted by Crippen LogP contribution is -2.04. The van der Waals surface area contributed by atoms with Crippen LogP contribution in [0.4, 0.5) is 0 Å². The van der Waals surface area contributed by atoms with E-state index in [0.29, 0.717) is 12.2 Å². The lowest BCUT2D eigenvalue weighted by Gasteiger charge is -2.07. The van der Waals surface area contributed by atoms with Crippen LogP contribution in [0.1, 0.15) is 28.4 Å². The third-order valence-electron chi connectivity index (χ3n) is 3.43. The van der Waals surface area contributed by atoms with Crippen LogP contribution in [0.25, 0.3) is 11.1 Å². The van der Waals surface area contributed by atoms with Crippen LogP contribution in [0, 0.1) is 0 Å². The lowest BCUT2D eigenvalue weighted by molar-refractivity contribution is 0.0526. The van der Waals surface area contributed by atoms with Gasteiger partial charge in [-0.25, -0.2) is 4.79 Å². The van der Waals surface area contributed by atoms with E-state index >= 15 is 0 Å². The highest BCUT2D eigenvalue weighted by atomic mass is 127. The highest BCUT2D eigenvalue weighted by molar-refractivity contribution is 14.1. The van der Waals surface area contributed by atoms with E-state index in [-0.39, 0.29) is 5.97 Å². The summed E-state index contributed by atoms with van der Waals surface area (Å²) in [6, 6.07) is 13.9. The predicted molar refractivity (Wildman–Crippen MR) is 92.1 cm³/mol. The van der Waals surface area contributed by atoms with Gasteiger partial charge in [-0.2, -0.15) is 0 Å². The van der Waals surface area contributed by atoms with Gasteiger partial charge in [0.1, 0.15) is 3.72 Å². The zero-order valence-corrected chi connectivity index (χ0v) is 13.8. The van der Waals surface area contributed by atoms with Crippen LogP contribution < -0.4 is 0 Å². The molecular weight excluding hydrogens is 377 g/mol. The fraction of sp³-hybridized carbons (Fsp3) is 0.176. The summed E-state index contributed by atoms with van der Waals surface area (Å²) in [5.41, 5.74) is 5.13. The average molecular weight is 391 g/mol. The Morgan fingerprint density at radius 1 is 1.24 bits per heavy atom. The van der Waals surface area contributed by atoms with E-state index in [2.05, 4.69) is 45.8 Å². The summed E-state index contributed by atoms with van der Waals surface area (Å²) in [5.74, 6) is -0.281. The number of carbonyl (C=O) groups is 1. The van der Waals surface area contributed by atoms with Crippen LogP contribution in [0.5, 0.6) is 0 Å². The van der Waals surface area contributed by atoms with E-state index < -0.39 is 0 Å². The van der Waals surface area contributed by atoms with E-state index in [1.54, 1.807) is 6.07 Å². The van der Waals surface area contributed by atoms with Crippen LogP contribution in [-0.2, 0) is 11.3 Å². The quantitative estimate of drug-likeness (QED) is 0.581. The zero-order chi connectivity index (χ0) is 14.8. The standard InChI is InChI=1S/C17H14INO2/c1-2-21-17(20)13-5-3-4-11(8-13)12-6-7-14-10-19-16(18)15(14)9-12/h3-9H,2,10H2,1H3. The maximum absolute atomic E-state index is 11.8. The van der Waals surface area contributed by atoms with Crippen molar-refractivity contribution in [1.82, 2.24) is 0 Å². The summed E-state index contributed by atoms with van der Waals surface area (Å²) in [6.07, 6.45) is 0. The second-order valence-corrected chi connectivity index (χ2v) is 5.80. The van der Waals surface area contributed by atoms with Crippen molar-refractivity contribution in [2.45, 2.75) is 13.5 Å². The molecule has 0 atom stereocenters. The van der Waals surface area contributed by atoms with E-state index in [1.165, 1.54) is 11.1 Å². The van der Waals surface area contributed by atoms with Gasteiger partial charge in [-0.1, -0.05) is 24.3 Å². The van der Waals surface area contributed by atoms with Gasteiger partial charge in [0.15, 0.2) is 0 Å². The van der Waals surface area contributed by atoms with Crippen LogP contribution >= 0.6 is 22.6 Å². The van der Waals surface area contributed by atoms with Gasteiger partial charge in [0, 0.05) is 5.56 Å². The second kappa shape index (κ2) is 5.97. The van der Waals surface area contributed by atoms with Crippen molar-refractivity contribution < 1.29 is 9.53 Å². The highest BCUT2D eigenvalue weighted by Crippen LogP contribution is 2.28. The van der Waals surface area contributed by atoms with Crippen molar-refractivity contribution in [3.05, 3.63) is 59.2 Å². The summed E-state index contributed by atoms with van der Waals surface area (Å²) in [6.45, 7) is 2.96. The Hall–Kier alpha value is -1.69. The lowest BCUT2D eigenvalue weighted by atomic mass is 9.99. The van der Waals surface area contributed by atoms with Gasteiger partial charge in [0.2, 0.25) is 0 Å². The summed E-state index contributed by atoms with van der Waals surface area (Å²) < 4.78 is 6.10. The molecule has 0 N–H and O–H groups in total. The van der Waals surface area contributed by atoms with Gasteiger partial charge in [-0.05, 0) is 64.4 Å². The molecule has 3 rings (SSSR count). The normalized spacial score (nSPS) is 12.8. The Morgan fingerprint density at radius 3 is 2.86 bits per heavy atom. The molecule has 0 radical (unpaired) electrons. The van der Waals surface area contributed by atoms with E-state index in [4.69, 9.17) is 4.74 Å². The predicted octanol–water partition coefficient (Wildman–Crippen LogP) is 4.23. The van der Waals surface area contributed by atoms with Gasteiger partial charge < -0.3 is 4.74 Å². The van der Waals surface area contributed by atoms with E-state index in [1.807, 2.05) is 25.1 Å². The largest absolute Gasteiger partial charge is 0.462 e. The van der Waals surface area contributed by atoms with Crippen molar-refractivity contribution in [2.75, 3.05) is 6.61 Å². The molecule has 0 saturated heterocycles. The van der Waals surface area contributed by atoms with Crippen LogP contribution in [0.2, 0.25) is 0 Å². The van der Waals surface area contributed by atoms with Gasteiger partial charge in [-0.3, -0.25) is 4.99 Å². The van der Waals surface area contributed by atoms with Crippen LogP contribution in [0.15, 0.2) is 47.5 Å². The monoisotopic (exact) mass is 391 g/mol. The fourth-order valence-corrected chi connectivity index (χ4v) is 3.04. The molecule has 0 fully saturated rings. The number of ether oxygens (including phenoxy) is 1. The molecule has 1 aliphatic heterocycles. The minimum absolute atomic E-state index is 0.281. The van der Waals surface area contributed by atoms with E-state index in [0.717, 1.165) is 21.4 Å². The number of carbonyl (C=O) groups excluding carboxylic acids is 1. The topological polar surface area (TPSA) is 38.7 Å². The minimum Gasteiger partial charge on any atom is -0.462 e. The Morgan fingerprint density at radius 2 is 2.05 bits per heavy atom. The molecule has 106 valence electrons. The number of hydrogen-bond acceptors (Lipinski definition) is 3. The highest BCUT2D eigenvalue weighted by Gasteiger charge is 2.15. The maximum atomic E-state index is 11.8. The molecule has 4 heteroatoms. The first-order valence-electron chi connectivity index (χ1n) is 6.80. The number of nitrogens with zero attached hydrogens (tertiary/aromatic N) is 1. The Bertz CT molecular complexity index is 737. The zero-order valence-electron chi connectivity index (χ0n) is 11.6. The van der Waals surface area contributed by atoms with Crippen molar-refractivity contribution in [2.24, 2.45) is 4.99 Å². The molecule has 3 nitrogen and oxygen atoms in total. The Labute approximate surface area is 137 Å². The van der Waals surface area contributed by atoms with Crippen molar-refractivity contribution >= 4 is 32.3 Å². The van der Waals surface area contributed by atoms with Crippen LogP contribution in [0.3, 0.4) is 0 Å². The molecule has 0 bridgehead atoms. The van der Waals surface area contributed by atoms with Gasteiger partial charge in [0.25, 0.3) is 0 Å². The molecule has 0 amide bonds. The summed E-state index contributed by atoms with van der Waals surface area (Å²) in [7, 11) is 0. The molecule has 2 aromatic carbocycles. The number of esters is 1. The van der Waals surface area contributed by atoms with Gasteiger partial charge in [0.05, 0.1) is 18.7 Å². The number of aliphatic imine (C=N–C) groups is 1. The minimum atomic E-state index is -0.281. The number of halogens is 1. The summed E-state index contributed by atoms with van der Waals surface area (Å²) in [5, 5.41) is 0. The molecule has 1 heterocycles. The third kappa shape index (κ3) is 2.85. The van der Waals surface area contributed by atoms with Crippen molar-refractivity contribution in [3.63, 3.8) is 0 Å². The van der Waals surface area contributed by atoms with Crippen molar-refractivity contribution in [1.29, 1.82) is 0 Å². The molecule has 0 spiro atoms. The Kier molecular flexibility index (Phi) is 4.05. The Balaban J connectivity index is 1.98. The number of hydrogen-bond donors (Lipinski definition) is 0. The smallest absolute Gasteiger partial charge is 0.338 e. The number of benzene rings is 2. The molecule has 0 aromatic heterocycles.